The summed E-state index contributed by atoms with van der Waals surface area (Å²) in [4.78, 5) is 0. The second kappa shape index (κ2) is 4.24. The van der Waals surface area contributed by atoms with E-state index in [2.05, 4.69) is 0 Å². The van der Waals surface area contributed by atoms with Crippen molar-refractivity contribution in [1.29, 1.82) is 0 Å². The van der Waals surface area contributed by atoms with E-state index >= 15 is 0 Å². The Morgan fingerprint density at radius 3 is 2.55 bits per heavy atom. The normalized spacial score (nSPS) is 12.6. The number of hydrogen-bond acceptors (Lipinski definition) is 6. The molecule has 6 nitrogen and oxygen atoms in total. The van der Waals surface area contributed by atoms with Crippen molar-refractivity contribution in [2.75, 3.05) is 7.11 Å². The first-order valence-corrected chi connectivity index (χ1v) is 6.60. The van der Waals surface area contributed by atoms with Crippen molar-refractivity contribution in [3.05, 3.63) is 29.8 Å². The minimum atomic E-state index is -0.252. The van der Waals surface area contributed by atoms with Crippen LogP contribution in [0.1, 0.15) is 5.56 Å². The van der Waals surface area contributed by atoms with E-state index in [4.69, 9.17) is 13.9 Å². The molecule has 1 aromatic heterocycles. The minimum absolute atomic E-state index is 0.0242. The quantitative estimate of drug-likeness (QED) is 0.598. The molecular formula is C16H12O6. The lowest BCUT2D eigenvalue weighted by Gasteiger charge is -2.18. The molecule has 2 heterocycles. The molecule has 0 fully saturated rings. The van der Waals surface area contributed by atoms with Crippen molar-refractivity contribution < 1.29 is 29.2 Å². The summed E-state index contributed by atoms with van der Waals surface area (Å²) in [5.41, 5.74) is 1.78. The predicted molar refractivity (Wildman–Crippen MR) is 77.5 cm³/mol. The standard InChI is InChI=1S/C16H12O6/c1-20-15-5-13-8(3-12(15)19)16-9(6-21-13)7-2-10(17)11(18)4-14(7)22-16/h2-5,17-19H,6H2,1H3. The zero-order chi connectivity index (χ0) is 15.4. The number of phenolic OH excluding ortho intramolecular Hbond substituents is 3. The average Bonchev–Trinajstić information content (AvgIpc) is 2.85. The lowest BCUT2D eigenvalue weighted by Crippen LogP contribution is -2.04. The number of methoxy groups -OCH3 is 1. The van der Waals surface area contributed by atoms with Crippen molar-refractivity contribution >= 4 is 11.0 Å². The van der Waals surface area contributed by atoms with Crippen LogP contribution in [0.5, 0.6) is 28.7 Å². The first kappa shape index (κ1) is 12.7. The molecule has 1 aliphatic rings. The van der Waals surface area contributed by atoms with Gasteiger partial charge < -0.3 is 29.2 Å². The van der Waals surface area contributed by atoms with E-state index in [0.29, 0.717) is 33.8 Å². The Kier molecular flexibility index (Phi) is 2.45. The topological polar surface area (TPSA) is 92.3 Å². The van der Waals surface area contributed by atoms with Crippen LogP contribution in [0, 0.1) is 0 Å². The van der Waals surface area contributed by atoms with Gasteiger partial charge in [0, 0.05) is 23.1 Å². The van der Waals surface area contributed by atoms with Crippen LogP contribution in [0.15, 0.2) is 28.7 Å². The fourth-order valence-corrected chi connectivity index (χ4v) is 2.69. The predicted octanol–water partition coefficient (Wildman–Crippen LogP) is 3.12. The van der Waals surface area contributed by atoms with E-state index < -0.39 is 0 Å². The molecule has 0 aliphatic carbocycles. The third-order valence-corrected chi connectivity index (χ3v) is 3.79. The van der Waals surface area contributed by atoms with Crippen LogP contribution in [0.2, 0.25) is 0 Å². The number of aromatic hydroxyl groups is 3. The summed E-state index contributed by atoms with van der Waals surface area (Å²) in [5, 5.41) is 29.9. The van der Waals surface area contributed by atoms with Crippen LogP contribution in [0.3, 0.4) is 0 Å². The first-order valence-electron chi connectivity index (χ1n) is 6.60. The number of ether oxygens (including phenoxy) is 2. The SMILES string of the molecule is COc1cc2c(cc1O)-c1oc3cc(O)c(O)cc3c1CO2. The van der Waals surface area contributed by atoms with Crippen LogP contribution in [0.25, 0.3) is 22.3 Å². The second-order valence-electron chi connectivity index (χ2n) is 5.06. The van der Waals surface area contributed by atoms with Gasteiger partial charge in [0.15, 0.2) is 23.0 Å². The minimum Gasteiger partial charge on any atom is -0.504 e. The van der Waals surface area contributed by atoms with Crippen molar-refractivity contribution in [3.8, 4) is 40.1 Å². The highest BCUT2D eigenvalue weighted by Gasteiger charge is 2.26. The lowest BCUT2D eigenvalue weighted by atomic mass is 10.0. The fraction of sp³-hybridized carbons (Fsp3) is 0.125. The summed E-state index contributed by atoms with van der Waals surface area (Å²) in [7, 11) is 1.46. The molecule has 0 spiro atoms. The van der Waals surface area contributed by atoms with Gasteiger partial charge in [-0.15, -0.1) is 0 Å². The molecular weight excluding hydrogens is 288 g/mol. The molecule has 3 aromatic rings. The van der Waals surface area contributed by atoms with Gasteiger partial charge in [0.25, 0.3) is 0 Å². The third kappa shape index (κ3) is 1.60. The second-order valence-corrected chi connectivity index (χ2v) is 5.06. The largest absolute Gasteiger partial charge is 0.504 e. The van der Waals surface area contributed by atoms with Crippen LogP contribution >= 0.6 is 0 Å². The number of benzene rings is 2. The van der Waals surface area contributed by atoms with Crippen LogP contribution in [-0.2, 0) is 6.61 Å². The fourth-order valence-electron chi connectivity index (χ4n) is 2.69. The molecule has 112 valence electrons. The van der Waals surface area contributed by atoms with Gasteiger partial charge in [-0.2, -0.15) is 0 Å². The van der Waals surface area contributed by atoms with Gasteiger partial charge in [-0.3, -0.25) is 0 Å². The van der Waals surface area contributed by atoms with E-state index in [1.807, 2.05) is 0 Å². The maximum atomic E-state index is 9.95. The van der Waals surface area contributed by atoms with E-state index in [1.165, 1.54) is 25.3 Å². The number of hydrogen-bond donors (Lipinski definition) is 3. The summed E-state index contributed by atoms with van der Waals surface area (Å²) in [6, 6.07) is 5.89. The summed E-state index contributed by atoms with van der Waals surface area (Å²) in [6.07, 6.45) is 0. The van der Waals surface area contributed by atoms with E-state index in [1.54, 1.807) is 6.07 Å². The molecule has 0 unspecified atom stereocenters. The van der Waals surface area contributed by atoms with Gasteiger partial charge in [-0.1, -0.05) is 0 Å². The Labute approximate surface area is 124 Å². The van der Waals surface area contributed by atoms with Gasteiger partial charge >= 0.3 is 0 Å². The summed E-state index contributed by atoms with van der Waals surface area (Å²) in [6.45, 7) is 0.257. The Morgan fingerprint density at radius 1 is 1.00 bits per heavy atom. The number of furan rings is 1. The van der Waals surface area contributed by atoms with Gasteiger partial charge in [-0.05, 0) is 12.1 Å². The first-order chi connectivity index (χ1) is 10.6. The van der Waals surface area contributed by atoms with Crippen molar-refractivity contribution in [2.24, 2.45) is 0 Å². The Morgan fingerprint density at radius 2 is 1.77 bits per heavy atom. The highest BCUT2D eigenvalue weighted by molar-refractivity contribution is 5.92. The molecule has 0 saturated heterocycles. The Balaban J connectivity index is 2.00. The molecule has 1 aliphatic heterocycles. The molecule has 0 saturated carbocycles. The van der Waals surface area contributed by atoms with Crippen molar-refractivity contribution in [3.63, 3.8) is 0 Å². The molecule has 0 atom stereocenters. The summed E-state index contributed by atoms with van der Waals surface area (Å²) < 4.78 is 16.5. The lowest BCUT2D eigenvalue weighted by molar-refractivity contribution is 0.295. The Bertz CT molecular complexity index is 909. The maximum absolute atomic E-state index is 9.95. The molecule has 0 amide bonds. The van der Waals surface area contributed by atoms with Gasteiger partial charge in [0.2, 0.25) is 0 Å². The maximum Gasteiger partial charge on any atom is 0.164 e. The highest BCUT2D eigenvalue weighted by Crippen LogP contribution is 2.47. The van der Waals surface area contributed by atoms with Crippen LogP contribution in [-0.4, -0.2) is 22.4 Å². The molecule has 4 rings (SSSR count). The monoisotopic (exact) mass is 300 g/mol. The zero-order valence-corrected chi connectivity index (χ0v) is 11.6. The Hall–Kier alpha value is -3.02. The van der Waals surface area contributed by atoms with Gasteiger partial charge in [-0.25, -0.2) is 0 Å². The van der Waals surface area contributed by atoms with E-state index in [-0.39, 0.29) is 23.9 Å². The number of fused-ring (bicyclic) bond motifs is 5. The van der Waals surface area contributed by atoms with Gasteiger partial charge in [0.05, 0.1) is 12.7 Å². The molecule has 6 heteroatoms. The zero-order valence-electron chi connectivity index (χ0n) is 11.6. The smallest absolute Gasteiger partial charge is 0.164 e. The van der Waals surface area contributed by atoms with E-state index in [0.717, 1.165) is 5.56 Å². The van der Waals surface area contributed by atoms with Crippen LogP contribution < -0.4 is 9.47 Å². The van der Waals surface area contributed by atoms with Crippen LogP contribution in [0.4, 0.5) is 0 Å². The highest BCUT2D eigenvalue weighted by atomic mass is 16.5. The van der Waals surface area contributed by atoms with E-state index in [9.17, 15) is 15.3 Å². The average molecular weight is 300 g/mol. The molecule has 0 radical (unpaired) electrons. The van der Waals surface area contributed by atoms with Gasteiger partial charge in [0.1, 0.15) is 23.7 Å². The molecule has 22 heavy (non-hydrogen) atoms. The summed E-state index contributed by atoms with van der Waals surface area (Å²) in [5.74, 6) is 0.892. The van der Waals surface area contributed by atoms with Crippen molar-refractivity contribution in [2.45, 2.75) is 6.61 Å². The summed E-state index contributed by atoms with van der Waals surface area (Å²) >= 11 is 0. The number of rotatable bonds is 1. The number of phenols is 3. The molecule has 0 bridgehead atoms. The third-order valence-electron chi connectivity index (χ3n) is 3.79. The molecule has 3 N–H and O–H groups in total. The van der Waals surface area contributed by atoms with Crippen molar-refractivity contribution in [1.82, 2.24) is 0 Å². The molecule has 2 aromatic carbocycles.